The van der Waals surface area contributed by atoms with Crippen molar-refractivity contribution in [3.63, 3.8) is 0 Å². The summed E-state index contributed by atoms with van der Waals surface area (Å²) in [6, 6.07) is 2.53. The van der Waals surface area contributed by atoms with Crippen molar-refractivity contribution < 1.29 is 26.4 Å². The number of thiazole rings is 1. The van der Waals surface area contributed by atoms with E-state index in [0.29, 0.717) is 16.6 Å². The van der Waals surface area contributed by atoms with Crippen LogP contribution in [0.4, 0.5) is 13.2 Å². The Kier molecular flexibility index (Phi) is 6.99. The van der Waals surface area contributed by atoms with Crippen molar-refractivity contribution in [2.24, 2.45) is 0 Å². The molecule has 0 saturated carbocycles. The summed E-state index contributed by atoms with van der Waals surface area (Å²) in [5, 5.41) is 0.317. The molecule has 0 aliphatic carbocycles. The number of amides is 1. The highest BCUT2D eigenvalue weighted by atomic mass is 35.5. The largest absolute Gasteiger partial charge is 0.417 e. The summed E-state index contributed by atoms with van der Waals surface area (Å²) in [5.74, 6) is -0.208. The molecule has 12 heteroatoms. The molecule has 1 saturated heterocycles. The number of piperazine rings is 1. The van der Waals surface area contributed by atoms with Crippen molar-refractivity contribution in [2.75, 3.05) is 26.2 Å². The average molecular weight is 496 g/mol. The van der Waals surface area contributed by atoms with Crippen LogP contribution in [-0.2, 0) is 22.6 Å². The first kappa shape index (κ1) is 24.0. The first-order chi connectivity index (χ1) is 14.4. The van der Waals surface area contributed by atoms with Gasteiger partial charge in [-0.25, -0.2) is 13.4 Å². The van der Waals surface area contributed by atoms with Crippen molar-refractivity contribution in [3.05, 3.63) is 44.4 Å². The minimum Gasteiger partial charge on any atom is -0.335 e. The van der Waals surface area contributed by atoms with E-state index >= 15 is 0 Å². The van der Waals surface area contributed by atoms with Gasteiger partial charge in [0.05, 0.1) is 26.2 Å². The van der Waals surface area contributed by atoms with Crippen LogP contribution in [0.15, 0.2) is 23.1 Å². The van der Waals surface area contributed by atoms with Crippen molar-refractivity contribution in [3.8, 4) is 0 Å². The highest BCUT2D eigenvalue weighted by molar-refractivity contribution is 7.89. The third-order valence-electron chi connectivity index (χ3n) is 4.91. The summed E-state index contributed by atoms with van der Waals surface area (Å²) in [5.41, 5.74) is -0.554. The maximum absolute atomic E-state index is 13.1. The molecular weight excluding hydrogens is 475 g/mol. The molecule has 1 amide bonds. The number of hydrogen-bond donors (Lipinski definition) is 0. The fourth-order valence-corrected chi connectivity index (χ4v) is 6.09. The standard InChI is InChI=1S/C19H21ClF3N3O3S2/c1-3-4-16-24-12(2)17(30-16)18(27)25-7-9-26(10-8-25)31(28,29)13-5-6-15(20)14(11-13)19(21,22)23/h5-6,11H,3-4,7-10H2,1-2H3. The third kappa shape index (κ3) is 5.05. The van der Waals surface area contributed by atoms with Gasteiger partial charge in [-0.05, 0) is 38.0 Å². The lowest BCUT2D eigenvalue weighted by Crippen LogP contribution is -2.50. The summed E-state index contributed by atoms with van der Waals surface area (Å²) in [6.45, 7) is 4.03. The van der Waals surface area contributed by atoms with Crippen LogP contribution in [0.5, 0.6) is 0 Å². The number of alkyl halides is 3. The minimum atomic E-state index is -4.77. The highest BCUT2D eigenvalue weighted by Gasteiger charge is 2.36. The van der Waals surface area contributed by atoms with Crippen molar-refractivity contribution in [2.45, 2.75) is 37.8 Å². The lowest BCUT2D eigenvalue weighted by molar-refractivity contribution is -0.137. The van der Waals surface area contributed by atoms with E-state index in [1.165, 1.54) is 11.3 Å². The number of halogens is 4. The molecule has 2 aromatic rings. The number of sulfonamides is 1. The van der Waals surface area contributed by atoms with Gasteiger partial charge in [0.2, 0.25) is 10.0 Å². The van der Waals surface area contributed by atoms with Crippen LogP contribution in [0.25, 0.3) is 0 Å². The maximum Gasteiger partial charge on any atom is 0.417 e. The quantitative estimate of drug-likeness (QED) is 0.622. The van der Waals surface area contributed by atoms with Gasteiger partial charge in [0.15, 0.2) is 0 Å². The molecule has 1 aliphatic heterocycles. The Bertz CT molecular complexity index is 1080. The maximum atomic E-state index is 13.1. The Hall–Kier alpha value is -1.69. The molecule has 0 bridgehead atoms. The van der Waals surface area contributed by atoms with Crippen LogP contribution in [0.2, 0.25) is 5.02 Å². The summed E-state index contributed by atoms with van der Waals surface area (Å²) < 4.78 is 66.1. The lowest BCUT2D eigenvalue weighted by atomic mass is 10.2. The van der Waals surface area contributed by atoms with Gasteiger partial charge in [0, 0.05) is 26.2 Å². The zero-order chi connectivity index (χ0) is 23.0. The molecule has 0 atom stereocenters. The molecule has 170 valence electrons. The van der Waals surface area contributed by atoms with E-state index in [0.717, 1.165) is 34.3 Å². The summed E-state index contributed by atoms with van der Waals surface area (Å²) in [6.07, 6.45) is -3.07. The van der Waals surface area contributed by atoms with Gasteiger partial charge in [0.1, 0.15) is 4.88 Å². The molecule has 31 heavy (non-hydrogen) atoms. The predicted octanol–water partition coefficient (Wildman–Crippen LogP) is 4.22. The van der Waals surface area contributed by atoms with E-state index in [1.807, 2.05) is 6.92 Å². The molecule has 1 aromatic carbocycles. The second kappa shape index (κ2) is 9.05. The monoisotopic (exact) mass is 495 g/mol. The van der Waals surface area contributed by atoms with Gasteiger partial charge in [0.25, 0.3) is 5.91 Å². The number of benzene rings is 1. The van der Waals surface area contributed by atoms with Crippen molar-refractivity contribution in [1.29, 1.82) is 0 Å². The molecule has 2 heterocycles. The number of aromatic nitrogens is 1. The number of aryl methyl sites for hydroxylation is 2. The normalized spacial score (nSPS) is 16.0. The number of carbonyl (C=O) groups excluding carboxylic acids is 1. The second-order valence-electron chi connectivity index (χ2n) is 7.11. The molecule has 6 nitrogen and oxygen atoms in total. The SMILES string of the molecule is CCCc1nc(C)c(C(=O)N2CCN(S(=O)(=O)c3ccc(Cl)c(C(F)(F)F)c3)CC2)s1. The van der Waals surface area contributed by atoms with Gasteiger partial charge in [-0.3, -0.25) is 4.79 Å². The Labute approximate surface area is 187 Å². The number of nitrogens with zero attached hydrogens (tertiary/aromatic N) is 3. The molecule has 0 spiro atoms. The summed E-state index contributed by atoms with van der Waals surface area (Å²) in [4.78, 5) is 18.9. The van der Waals surface area contributed by atoms with E-state index in [4.69, 9.17) is 11.6 Å². The molecule has 1 aliphatic rings. The van der Waals surface area contributed by atoms with Gasteiger partial charge in [-0.1, -0.05) is 18.5 Å². The average Bonchev–Trinajstić information content (AvgIpc) is 3.07. The van der Waals surface area contributed by atoms with E-state index in [-0.39, 0.29) is 32.1 Å². The van der Waals surface area contributed by atoms with E-state index < -0.39 is 31.7 Å². The van der Waals surface area contributed by atoms with Crippen molar-refractivity contribution in [1.82, 2.24) is 14.2 Å². The number of hydrogen-bond acceptors (Lipinski definition) is 5. The second-order valence-corrected chi connectivity index (χ2v) is 10.5. The first-order valence-corrected chi connectivity index (χ1v) is 12.2. The summed E-state index contributed by atoms with van der Waals surface area (Å²) in [7, 11) is -4.16. The van der Waals surface area contributed by atoms with Gasteiger partial charge in [-0.15, -0.1) is 11.3 Å². The van der Waals surface area contributed by atoms with Crippen LogP contribution in [0.1, 0.15) is 39.3 Å². The molecular formula is C19H21ClF3N3O3S2. The van der Waals surface area contributed by atoms with E-state index in [2.05, 4.69) is 4.98 Å². The molecule has 3 rings (SSSR count). The van der Waals surface area contributed by atoms with Crippen LogP contribution >= 0.6 is 22.9 Å². The Morgan fingerprint density at radius 2 is 1.87 bits per heavy atom. The molecule has 0 unspecified atom stereocenters. The molecule has 0 N–H and O–H groups in total. The Balaban J connectivity index is 1.74. The van der Waals surface area contributed by atoms with Crippen molar-refractivity contribution >= 4 is 38.9 Å². The molecule has 1 fully saturated rings. The highest BCUT2D eigenvalue weighted by Crippen LogP contribution is 2.36. The topological polar surface area (TPSA) is 70.6 Å². The number of carbonyl (C=O) groups is 1. The van der Waals surface area contributed by atoms with Gasteiger partial charge >= 0.3 is 6.18 Å². The van der Waals surface area contributed by atoms with Crippen LogP contribution < -0.4 is 0 Å². The van der Waals surface area contributed by atoms with E-state index in [9.17, 15) is 26.4 Å². The fraction of sp³-hybridized carbons (Fsp3) is 0.474. The van der Waals surface area contributed by atoms with Gasteiger partial charge in [-0.2, -0.15) is 17.5 Å². The molecule has 1 aromatic heterocycles. The Morgan fingerprint density at radius 3 is 2.45 bits per heavy atom. The predicted molar refractivity (Wildman–Crippen MR) is 112 cm³/mol. The van der Waals surface area contributed by atoms with Crippen LogP contribution in [0, 0.1) is 6.92 Å². The number of rotatable bonds is 5. The smallest absolute Gasteiger partial charge is 0.335 e. The first-order valence-electron chi connectivity index (χ1n) is 9.57. The lowest BCUT2D eigenvalue weighted by Gasteiger charge is -2.34. The minimum absolute atomic E-state index is 0.0162. The summed E-state index contributed by atoms with van der Waals surface area (Å²) >= 11 is 6.93. The van der Waals surface area contributed by atoms with Crippen LogP contribution in [-0.4, -0.2) is 54.7 Å². The third-order valence-corrected chi connectivity index (χ3v) is 8.34. The Morgan fingerprint density at radius 1 is 1.23 bits per heavy atom. The van der Waals surface area contributed by atoms with E-state index in [1.54, 1.807) is 11.8 Å². The van der Waals surface area contributed by atoms with Gasteiger partial charge < -0.3 is 4.90 Å². The fourth-order valence-electron chi connectivity index (χ4n) is 3.28. The molecule has 0 radical (unpaired) electrons. The van der Waals surface area contributed by atoms with Crippen LogP contribution in [0.3, 0.4) is 0 Å². The zero-order valence-corrected chi connectivity index (χ0v) is 19.3. The zero-order valence-electron chi connectivity index (χ0n) is 16.9.